The van der Waals surface area contributed by atoms with Crippen LogP contribution in [-0.4, -0.2) is 44.5 Å². The number of carbonyl (C=O) groups excluding carboxylic acids is 1. The molecule has 0 aliphatic heterocycles. The van der Waals surface area contributed by atoms with Crippen molar-refractivity contribution in [1.29, 1.82) is 0 Å². The Bertz CT molecular complexity index is 411. The lowest BCUT2D eigenvalue weighted by Gasteiger charge is -2.17. The average Bonchev–Trinajstić information content (AvgIpc) is 2.62. The number of rotatable bonds is 5. The number of hydrogen-bond acceptors (Lipinski definition) is 3. The predicted molar refractivity (Wildman–Crippen MR) is 56.9 cm³/mol. The molecular weight excluding hydrogens is 210 g/mol. The summed E-state index contributed by atoms with van der Waals surface area (Å²) in [5, 5.41) is 8.66. The highest BCUT2D eigenvalue weighted by atomic mass is 16.4. The van der Waals surface area contributed by atoms with Crippen molar-refractivity contribution in [3.8, 4) is 0 Å². The molecule has 86 valence electrons. The van der Waals surface area contributed by atoms with E-state index in [1.165, 1.54) is 12.4 Å². The molecule has 1 amide bonds. The molecule has 1 N–H and O–H groups in total. The Morgan fingerprint density at radius 2 is 2.38 bits per heavy atom. The normalized spacial score (nSPS) is 9.81. The van der Waals surface area contributed by atoms with Crippen molar-refractivity contribution in [1.82, 2.24) is 14.5 Å². The largest absolute Gasteiger partial charge is 0.480 e. The molecule has 0 unspecified atom stereocenters. The van der Waals surface area contributed by atoms with E-state index in [2.05, 4.69) is 11.6 Å². The summed E-state index contributed by atoms with van der Waals surface area (Å²) in [7, 11) is 1.73. The first-order valence-corrected chi connectivity index (χ1v) is 4.64. The van der Waals surface area contributed by atoms with E-state index in [-0.39, 0.29) is 18.8 Å². The Morgan fingerprint density at radius 3 is 2.81 bits per heavy atom. The first kappa shape index (κ1) is 12.0. The lowest BCUT2D eigenvalue weighted by molar-refractivity contribution is -0.137. The van der Waals surface area contributed by atoms with Gasteiger partial charge in [-0.3, -0.25) is 9.59 Å². The van der Waals surface area contributed by atoms with Gasteiger partial charge in [-0.05, 0) is 0 Å². The quantitative estimate of drug-likeness (QED) is 0.720. The van der Waals surface area contributed by atoms with E-state index >= 15 is 0 Å². The molecule has 0 aliphatic carbocycles. The zero-order valence-electron chi connectivity index (χ0n) is 8.96. The summed E-state index contributed by atoms with van der Waals surface area (Å²) in [5.41, 5.74) is 0.227. The predicted octanol–water partition coefficient (Wildman–Crippen LogP) is 0.133. The van der Waals surface area contributed by atoms with E-state index in [1.54, 1.807) is 17.8 Å². The second kappa shape index (κ2) is 5.11. The van der Waals surface area contributed by atoms with Crippen molar-refractivity contribution in [2.75, 3.05) is 13.1 Å². The third-order valence-corrected chi connectivity index (χ3v) is 1.89. The van der Waals surface area contributed by atoms with Crippen LogP contribution in [0.2, 0.25) is 0 Å². The summed E-state index contributed by atoms with van der Waals surface area (Å²) >= 11 is 0. The third kappa shape index (κ3) is 2.94. The minimum atomic E-state index is -1.06. The van der Waals surface area contributed by atoms with Crippen LogP contribution in [0.1, 0.15) is 10.5 Å². The monoisotopic (exact) mass is 223 g/mol. The summed E-state index contributed by atoms with van der Waals surface area (Å²) in [4.78, 5) is 27.4. The first-order chi connectivity index (χ1) is 7.54. The fourth-order valence-electron chi connectivity index (χ4n) is 1.22. The van der Waals surface area contributed by atoms with E-state index in [9.17, 15) is 9.59 Å². The number of aryl methyl sites for hydroxylation is 1. The molecule has 0 atom stereocenters. The number of imidazole rings is 1. The Labute approximate surface area is 92.8 Å². The van der Waals surface area contributed by atoms with Crippen molar-refractivity contribution < 1.29 is 14.7 Å². The van der Waals surface area contributed by atoms with Gasteiger partial charge in [0.15, 0.2) is 0 Å². The van der Waals surface area contributed by atoms with Gasteiger partial charge in [0, 0.05) is 19.8 Å². The molecule has 1 heterocycles. The lowest BCUT2D eigenvalue weighted by Crippen LogP contribution is -2.35. The SMILES string of the molecule is C=CCN(CC(=O)O)C(=O)c1cn(C)cn1. The maximum absolute atomic E-state index is 11.8. The van der Waals surface area contributed by atoms with Gasteiger partial charge in [-0.1, -0.05) is 6.08 Å². The molecule has 0 aromatic carbocycles. The number of carboxylic acids is 1. The van der Waals surface area contributed by atoms with E-state index in [0.29, 0.717) is 0 Å². The highest BCUT2D eigenvalue weighted by molar-refractivity contribution is 5.94. The van der Waals surface area contributed by atoms with Crippen LogP contribution in [-0.2, 0) is 11.8 Å². The second-order valence-corrected chi connectivity index (χ2v) is 3.29. The van der Waals surface area contributed by atoms with Gasteiger partial charge in [-0.15, -0.1) is 6.58 Å². The van der Waals surface area contributed by atoms with Crippen LogP contribution in [0.25, 0.3) is 0 Å². The number of amides is 1. The van der Waals surface area contributed by atoms with Gasteiger partial charge in [0.25, 0.3) is 5.91 Å². The zero-order valence-corrected chi connectivity index (χ0v) is 8.96. The van der Waals surface area contributed by atoms with Gasteiger partial charge < -0.3 is 14.6 Å². The van der Waals surface area contributed by atoms with Gasteiger partial charge in [0.1, 0.15) is 12.2 Å². The highest BCUT2D eigenvalue weighted by Gasteiger charge is 2.18. The third-order valence-electron chi connectivity index (χ3n) is 1.89. The summed E-state index contributed by atoms with van der Waals surface area (Å²) in [6.45, 7) is 3.30. The highest BCUT2D eigenvalue weighted by Crippen LogP contribution is 2.01. The summed E-state index contributed by atoms with van der Waals surface area (Å²) in [6.07, 6.45) is 4.50. The van der Waals surface area contributed by atoms with Crippen LogP contribution in [0.15, 0.2) is 25.2 Å². The molecule has 0 fully saturated rings. The Hall–Kier alpha value is -2.11. The van der Waals surface area contributed by atoms with Crippen molar-refractivity contribution in [3.05, 3.63) is 30.9 Å². The van der Waals surface area contributed by atoms with E-state index in [0.717, 1.165) is 4.90 Å². The summed E-state index contributed by atoms with van der Waals surface area (Å²) < 4.78 is 1.63. The van der Waals surface area contributed by atoms with Crippen LogP contribution in [0, 0.1) is 0 Å². The van der Waals surface area contributed by atoms with E-state index < -0.39 is 11.9 Å². The number of hydrogen-bond donors (Lipinski definition) is 1. The Kier molecular flexibility index (Phi) is 3.82. The zero-order chi connectivity index (χ0) is 12.1. The minimum absolute atomic E-state index is 0.182. The standard InChI is InChI=1S/C10H13N3O3/c1-3-4-13(6-9(14)15)10(16)8-5-12(2)7-11-8/h3,5,7H,1,4,6H2,2H3,(H,14,15). The maximum atomic E-state index is 11.8. The molecule has 6 heteroatoms. The van der Waals surface area contributed by atoms with Crippen molar-refractivity contribution in [2.24, 2.45) is 7.05 Å². The molecule has 0 radical (unpaired) electrons. The molecule has 1 aromatic heterocycles. The first-order valence-electron chi connectivity index (χ1n) is 4.64. The van der Waals surface area contributed by atoms with E-state index in [1.807, 2.05) is 0 Å². The molecule has 0 spiro atoms. The van der Waals surface area contributed by atoms with Gasteiger partial charge >= 0.3 is 5.97 Å². The molecule has 1 rings (SSSR count). The van der Waals surface area contributed by atoms with Gasteiger partial charge in [0.05, 0.1) is 6.33 Å². The van der Waals surface area contributed by atoms with E-state index in [4.69, 9.17) is 5.11 Å². The van der Waals surface area contributed by atoms with Crippen molar-refractivity contribution in [3.63, 3.8) is 0 Å². The van der Waals surface area contributed by atoms with Gasteiger partial charge in [-0.25, -0.2) is 4.98 Å². The molecule has 0 saturated carbocycles. The fourth-order valence-corrected chi connectivity index (χ4v) is 1.22. The molecule has 0 aliphatic rings. The lowest BCUT2D eigenvalue weighted by atomic mass is 10.3. The number of aliphatic carboxylic acids is 1. The molecule has 1 aromatic rings. The topological polar surface area (TPSA) is 75.4 Å². The molecule has 6 nitrogen and oxygen atoms in total. The molecule has 16 heavy (non-hydrogen) atoms. The second-order valence-electron chi connectivity index (χ2n) is 3.29. The number of carboxylic acid groups (broad SMARTS) is 1. The average molecular weight is 223 g/mol. The van der Waals surface area contributed by atoms with Crippen LogP contribution in [0.3, 0.4) is 0 Å². The number of aromatic nitrogens is 2. The van der Waals surface area contributed by atoms with Gasteiger partial charge in [-0.2, -0.15) is 0 Å². The Morgan fingerprint density at radius 1 is 1.69 bits per heavy atom. The number of carbonyl (C=O) groups is 2. The molecule has 0 saturated heterocycles. The minimum Gasteiger partial charge on any atom is -0.480 e. The molecule has 0 bridgehead atoms. The molecular formula is C10H13N3O3. The van der Waals surface area contributed by atoms with Crippen molar-refractivity contribution >= 4 is 11.9 Å². The van der Waals surface area contributed by atoms with Crippen LogP contribution in [0.4, 0.5) is 0 Å². The summed E-state index contributed by atoms with van der Waals surface area (Å²) in [6, 6.07) is 0. The van der Waals surface area contributed by atoms with Crippen molar-refractivity contribution in [2.45, 2.75) is 0 Å². The van der Waals surface area contributed by atoms with Crippen LogP contribution in [0.5, 0.6) is 0 Å². The van der Waals surface area contributed by atoms with Crippen LogP contribution >= 0.6 is 0 Å². The Balaban J connectivity index is 2.81. The van der Waals surface area contributed by atoms with Crippen LogP contribution < -0.4 is 0 Å². The summed E-state index contributed by atoms with van der Waals surface area (Å²) in [5.74, 6) is -1.48. The maximum Gasteiger partial charge on any atom is 0.323 e. The number of nitrogens with zero attached hydrogens (tertiary/aromatic N) is 3. The smallest absolute Gasteiger partial charge is 0.323 e. The fraction of sp³-hybridized carbons (Fsp3) is 0.300. The van der Waals surface area contributed by atoms with Gasteiger partial charge in [0.2, 0.25) is 0 Å².